The van der Waals surface area contributed by atoms with Gasteiger partial charge in [-0.3, -0.25) is 0 Å². The van der Waals surface area contributed by atoms with Gasteiger partial charge in [-0.1, -0.05) is 6.92 Å². The summed E-state index contributed by atoms with van der Waals surface area (Å²) in [5, 5.41) is 0. The summed E-state index contributed by atoms with van der Waals surface area (Å²) in [5.74, 6) is 1.64. The zero-order valence-electron chi connectivity index (χ0n) is 9.56. The van der Waals surface area contributed by atoms with Gasteiger partial charge in [0.1, 0.15) is 19.1 Å². The van der Waals surface area contributed by atoms with Crippen LogP contribution in [-0.4, -0.2) is 37.1 Å². The summed E-state index contributed by atoms with van der Waals surface area (Å²) in [6.07, 6.45) is 1.03. The van der Waals surface area contributed by atoms with Gasteiger partial charge in [0.15, 0.2) is 11.8 Å². The van der Waals surface area contributed by atoms with Crippen LogP contribution in [0, 0.1) is 5.92 Å². The van der Waals surface area contributed by atoms with Gasteiger partial charge in [-0.2, -0.15) is 0 Å². The Labute approximate surface area is 90.4 Å². The summed E-state index contributed by atoms with van der Waals surface area (Å²) >= 11 is 0. The molecule has 0 saturated heterocycles. The molecule has 2 rings (SSSR count). The SMILES string of the molecule is CCC1COC(C(C)C2=NC(C)CO2)=N1. The molecule has 2 heterocycles. The number of nitrogens with zero attached hydrogens (tertiary/aromatic N) is 2. The zero-order valence-corrected chi connectivity index (χ0v) is 9.56. The van der Waals surface area contributed by atoms with E-state index in [1.807, 2.05) is 13.8 Å². The summed E-state index contributed by atoms with van der Waals surface area (Å²) in [6, 6.07) is 0.591. The molecular weight excluding hydrogens is 192 g/mol. The second kappa shape index (κ2) is 4.21. The van der Waals surface area contributed by atoms with Crippen molar-refractivity contribution in [3.05, 3.63) is 0 Å². The van der Waals surface area contributed by atoms with E-state index >= 15 is 0 Å². The number of hydrogen-bond acceptors (Lipinski definition) is 4. The Morgan fingerprint density at radius 1 is 1.27 bits per heavy atom. The molecule has 3 unspecified atom stereocenters. The van der Waals surface area contributed by atoms with Crippen molar-refractivity contribution in [1.29, 1.82) is 0 Å². The van der Waals surface area contributed by atoms with E-state index in [0.717, 1.165) is 18.2 Å². The minimum absolute atomic E-state index is 0.0755. The topological polar surface area (TPSA) is 43.2 Å². The summed E-state index contributed by atoms with van der Waals surface area (Å²) in [7, 11) is 0. The molecule has 0 amide bonds. The molecule has 84 valence electrons. The molecule has 2 aliphatic heterocycles. The highest BCUT2D eigenvalue weighted by Gasteiger charge is 2.29. The third-order valence-corrected chi connectivity index (χ3v) is 2.77. The molecule has 4 heteroatoms. The van der Waals surface area contributed by atoms with Crippen molar-refractivity contribution >= 4 is 11.8 Å². The first-order chi connectivity index (χ1) is 7.20. The van der Waals surface area contributed by atoms with Gasteiger partial charge in [0, 0.05) is 0 Å². The van der Waals surface area contributed by atoms with Crippen molar-refractivity contribution in [2.45, 2.75) is 39.3 Å². The van der Waals surface area contributed by atoms with Crippen molar-refractivity contribution in [2.75, 3.05) is 13.2 Å². The molecule has 0 aromatic heterocycles. The number of rotatable bonds is 3. The molecule has 2 aliphatic rings. The number of hydrogen-bond donors (Lipinski definition) is 0. The lowest BCUT2D eigenvalue weighted by atomic mass is 10.2. The Morgan fingerprint density at radius 2 is 1.93 bits per heavy atom. The Kier molecular flexibility index (Phi) is 2.93. The monoisotopic (exact) mass is 210 g/mol. The Hall–Kier alpha value is -1.06. The molecule has 0 N–H and O–H groups in total. The summed E-state index contributed by atoms with van der Waals surface area (Å²) in [6.45, 7) is 7.60. The fraction of sp³-hybridized carbons (Fsp3) is 0.818. The number of ether oxygens (including phenoxy) is 2. The molecule has 4 nitrogen and oxygen atoms in total. The van der Waals surface area contributed by atoms with Crippen LogP contribution in [0.15, 0.2) is 9.98 Å². The first-order valence-electron chi connectivity index (χ1n) is 5.61. The van der Waals surface area contributed by atoms with Gasteiger partial charge < -0.3 is 9.47 Å². The molecule has 0 saturated carbocycles. The van der Waals surface area contributed by atoms with Gasteiger partial charge in [-0.05, 0) is 20.3 Å². The lowest BCUT2D eigenvalue weighted by Crippen LogP contribution is -2.21. The molecule has 0 aromatic rings. The largest absolute Gasteiger partial charge is 0.478 e. The van der Waals surface area contributed by atoms with Crippen LogP contribution in [0.3, 0.4) is 0 Å². The van der Waals surface area contributed by atoms with E-state index in [0.29, 0.717) is 19.3 Å². The van der Waals surface area contributed by atoms with Crippen LogP contribution in [-0.2, 0) is 9.47 Å². The maximum absolute atomic E-state index is 5.56. The van der Waals surface area contributed by atoms with E-state index in [1.165, 1.54) is 0 Å². The molecule has 15 heavy (non-hydrogen) atoms. The minimum atomic E-state index is 0.0755. The minimum Gasteiger partial charge on any atom is -0.478 e. The molecule has 0 spiro atoms. The lowest BCUT2D eigenvalue weighted by molar-refractivity contribution is 0.287. The molecule has 0 fully saturated rings. The van der Waals surface area contributed by atoms with Crippen molar-refractivity contribution in [3.63, 3.8) is 0 Å². The molecular formula is C11H18N2O2. The normalized spacial score (nSPS) is 31.7. The van der Waals surface area contributed by atoms with Gasteiger partial charge >= 0.3 is 0 Å². The number of aliphatic imine (C=N–C) groups is 2. The Morgan fingerprint density at radius 3 is 2.47 bits per heavy atom. The predicted molar refractivity (Wildman–Crippen MR) is 59.5 cm³/mol. The van der Waals surface area contributed by atoms with Crippen LogP contribution >= 0.6 is 0 Å². The van der Waals surface area contributed by atoms with Crippen molar-refractivity contribution in [1.82, 2.24) is 0 Å². The highest BCUT2D eigenvalue weighted by Crippen LogP contribution is 2.18. The average molecular weight is 210 g/mol. The maximum Gasteiger partial charge on any atom is 0.196 e. The standard InChI is InChI=1S/C11H18N2O2/c1-4-9-6-15-11(13-9)8(3)10-12-7(2)5-14-10/h7-9H,4-6H2,1-3H3. The van der Waals surface area contributed by atoms with Crippen LogP contribution in [0.25, 0.3) is 0 Å². The second-order valence-corrected chi connectivity index (χ2v) is 4.19. The van der Waals surface area contributed by atoms with Gasteiger partial charge in [0.2, 0.25) is 0 Å². The molecule has 0 bridgehead atoms. The molecule has 3 atom stereocenters. The van der Waals surface area contributed by atoms with Crippen molar-refractivity contribution < 1.29 is 9.47 Å². The average Bonchev–Trinajstić information content (AvgIpc) is 2.84. The Balaban J connectivity index is 2.02. The van der Waals surface area contributed by atoms with E-state index in [2.05, 4.69) is 16.9 Å². The fourth-order valence-corrected chi connectivity index (χ4v) is 1.72. The van der Waals surface area contributed by atoms with Crippen LogP contribution in [0.1, 0.15) is 27.2 Å². The van der Waals surface area contributed by atoms with E-state index in [1.54, 1.807) is 0 Å². The van der Waals surface area contributed by atoms with E-state index in [-0.39, 0.29) is 12.0 Å². The van der Waals surface area contributed by atoms with Crippen molar-refractivity contribution in [2.24, 2.45) is 15.9 Å². The van der Waals surface area contributed by atoms with Crippen LogP contribution in [0.2, 0.25) is 0 Å². The molecule has 0 aliphatic carbocycles. The smallest absolute Gasteiger partial charge is 0.196 e. The van der Waals surface area contributed by atoms with Gasteiger partial charge in [0.05, 0.1) is 12.1 Å². The predicted octanol–water partition coefficient (Wildman–Crippen LogP) is 1.65. The zero-order chi connectivity index (χ0) is 10.8. The van der Waals surface area contributed by atoms with E-state index < -0.39 is 0 Å². The first kappa shape index (κ1) is 10.5. The highest BCUT2D eigenvalue weighted by molar-refractivity contribution is 6.01. The Bertz CT molecular complexity index is 299. The van der Waals surface area contributed by atoms with Gasteiger partial charge in [0.25, 0.3) is 0 Å². The lowest BCUT2D eigenvalue weighted by Gasteiger charge is -2.10. The maximum atomic E-state index is 5.56. The summed E-state index contributed by atoms with van der Waals surface area (Å²) < 4.78 is 11.1. The fourth-order valence-electron chi connectivity index (χ4n) is 1.72. The molecule has 0 aromatic carbocycles. The summed E-state index contributed by atoms with van der Waals surface area (Å²) in [4.78, 5) is 8.93. The second-order valence-electron chi connectivity index (χ2n) is 4.19. The highest BCUT2D eigenvalue weighted by atomic mass is 16.5. The van der Waals surface area contributed by atoms with Crippen LogP contribution in [0.5, 0.6) is 0 Å². The molecule has 0 radical (unpaired) electrons. The first-order valence-corrected chi connectivity index (χ1v) is 5.61. The van der Waals surface area contributed by atoms with Crippen LogP contribution < -0.4 is 0 Å². The van der Waals surface area contributed by atoms with Gasteiger partial charge in [-0.25, -0.2) is 9.98 Å². The van der Waals surface area contributed by atoms with E-state index in [4.69, 9.17) is 9.47 Å². The van der Waals surface area contributed by atoms with E-state index in [9.17, 15) is 0 Å². The quantitative estimate of drug-likeness (QED) is 0.710. The third kappa shape index (κ3) is 2.13. The third-order valence-electron chi connectivity index (χ3n) is 2.77. The summed E-state index contributed by atoms with van der Waals surface area (Å²) in [5.41, 5.74) is 0. The van der Waals surface area contributed by atoms with Crippen LogP contribution in [0.4, 0.5) is 0 Å². The van der Waals surface area contributed by atoms with Crippen molar-refractivity contribution in [3.8, 4) is 0 Å². The van der Waals surface area contributed by atoms with Gasteiger partial charge in [-0.15, -0.1) is 0 Å².